The zero-order valence-electron chi connectivity index (χ0n) is 19.0. The van der Waals surface area contributed by atoms with E-state index in [9.17, 15) is 4.57 Å². The van der Waals surface area contributed by atoms with Crippen molar-refractivity contribution in [3.63, 3.8) is 0 Å². The lowest BCUT2D eigenvalue weighted by Crippen LogP contribution is -2.01. The molecule has 0 fully saturated rings. The second-order valence-electron chi connectivity index (χ2n) is 6.80. The van der Waals surface area contributed by atoms with Crippen LogP contribution in [0.25, 0.3) is 0 Å². The second-order valence-corrected chi connectivity index (χ2v) is 14.3. The average molecular weight is 549 g/mol. The van der Waals surface area contributed by atoms with Gasteiger partial charge in [0.15, 0.2) is 0 Å². The van der Waals surface area contributed by atoms with Crippen LogP contribution in [0.1, 0.15) is 11.1 Å². The molecule has 0 unspecified atom stereocenters. The summed E-state index contributed by atoms with van der Waals surface area (Å²) in [6.07, 6.45) is 0. The van der Waals surface area contributed by atoms with Crippen molar-refractivity contribution in [3.8, 4) is 0 Å². The molecule has 10 heteroatoms. The first-order chi connectivity index (χ1) is 16.2. The van der Waals surface area contributed by atoms with Gasteiger partial charge in [0.1, 0.15) is 0 Å². The Morgan fingerprint density at radius 2 is 0.970 bits per heavy atom. The molecule has 33 heavy (non-hydrogen) atoms. The summed E-state index contributed by atoms with van der Waals surface area (Å²) in [6, 6.07) is 20.3. The van der Waals surface area contributed by atoms with Crippen molar-refractivity contribution in [1.82, 2.24) is 0 Å². The zero-order valence-corrected chi connectivity index (χ0v) is 23.1. The second kappa shape index (κ2) is 19.1. The normalized spacial score (nSPS) is 11.7. The minimum absolute atomic E-state index is 0.414. The van der Waals surface area contributed by atoms with Gasteiger partial charge in [0.25, 0.3) is 0 Å². The standard InChI is InChI=1S/C23H33O5PS4/c1-29(24,27-14-18-32-30-16-12-25-20-22-8-4-2-5-9-22)28-15-19-33-31-17-13-26-21-23-10-6-3-7-11-23/h2-11H,12-21H2,1H3. The molecular formula is C23H33O5PS4. The van der Waals surface area contributed by atoms with E-state index < -0.39 is 7.60 Å². The molecule has 0 saturated carbocycles. The smallest absolute Gasteiger partial charge is 0.327 e. The van der Waals surface area contributed by atoms with Gasteiger partial charge in [-0.05, 0) is 11.1 Å². The first-order valence-corrected chi connectivity index (χ1v) is 17.7. The highest BCUT2D eigenvalue weighted by Gasteiger charge is 2.16. The van der Waals surface area contributed by atoms with Crippen molar-refractivity contribution >= 4 is 50.8 Å². The van der Waals surface area contributed by atoms with Crippen LogP contribution in [-0.4, -0.2) is 56.1 Å². The monoisotopic (exact) mass is 548 g/mol. The third-order valence-electron chi connectivity index (χ3n) is 4.00. The van der Waals surface area contributed by atoms with Crippen molar-refractivity contribution in [1.29, 1.82) is 0 Å². The molecule has 0 spiro atoms. The highest BCUT2D eigenvalue weighted by atomic mass is 33.1. The molecule has 0 N–H and O–H groups in total. The maximum Gasteiger partial charge on any atom is 0.327 e. The van der Waals surface area contributed by atoms with Gasteiger partial charge in [-0.25, -0.2) is 0 Å². The largest absolute Gasteiger partial charge is 0.376 e. The topological polar surface area (TPSA) is 54.0 Å². The molecule has 0 aliphatic carbocycles. The van der Waals surface area contributed by atoms with Crippen LogP contribution < -0.4 is 0 Å². The number of hydrogen-bond donors (Lipinski definition) is 0. The third kappa shape index (κ3) is 16.3. The Morgan fingerprint density at radius 3 is 1.36 bits per heavy atom. The number of rotatable bonds is 20. The van der Waals surface area contributed by atoms with E-state index in [0.29, 0.717) is 39.6 Å². The SMILES string of the molecule is CP(=O)(OCCSSCCOCc1ccccc1)OCCSSCCOCc1ccccc1. The molecule has 0 radical (unpaired) electrons. The van der Waals surface area contributed by atoms with E-state index in [1.807, 2.05) is 36.4 Å². The van der Waals surface area contributed by atoms with Gasteiger partial charge in [0.05, 0.1) is 39.6 Å². The van der Waals surface area contributed by atoms with E-state index in [0.717, 1.165) is 23.0 Å². The Labute approximate surface area is 214 Å². The van der Waals surface area contributed by atoms with Gasteiger partial charge < -0.3 is 18.5 Å². The number of hydrogen-bond acceptors (Lipinski definition) is 9. The van der Waals surface area contributed by atoms with Crippen molar-refractivity contribution in [2.75, 3.05) is 56.1 Å². The molecule has 0 aromatic heterocycles. The summed E-state index contributed by atoms with van der Waals surface area (Å²) < 4.78 is 34.5. The minimum atomic E-state index is -2.99. The molecule has 0 aliphatic heterocycles. The van der Waals surface area contributed by atoms with E-state index in [2.05, 4.69) is 24.3 Å². The molecular weight excluding hydrogens is 515 g/mol. The van der Waals surface area contributed by atoms with Crippen LogP contribution in [0.15, 0.2) is 60.7 Å². The summed E-state index contributed by atoms with van der Waals surface area (Å²) in [6.45, 7) is 5.06. The molecule has 2 aromatic carbocycles. The number of ether oxygens (including phenoxy) is 2. The fourth-order valence-electron chi connectivity index (χ4n) is 2.46. The molecule has 0 atom stereocenters. The van der Waals surface area contributed by atoms with Crippen molar-refractivity contribution in [3.05, 3.63) is 71.8 Å². The fourth-order valence-corrected chi connectivity index (χ4v) is 7.01. The maximum absolute atomic E-state index is 12.3. The Kier molecular flexibility index (Phi) is 16.9. The van der Waals surface area contributed by atoms with E-state index in [1.54, 1.807) is 43.2 Å². The maximum atomic E-state index is 12.3. The van der Waals surface area contributed by atoms with Crippen molar-refractivity contribution < 1.29 is 23.1 Å². The lowest BCUT2D eigenvalue weighted by molar-refractivity contribution is 0.136. The molecule has 184 valence electrons. The van der Waals surface area contributed by atoms with Gasteiger partial charge in [0, 0.05) is 29.7 Å². The summed E-state index contributed by atoms with van der Waals surface area (Å²) in [4.78, 5) is 0. The van der Waals surface area contributed by atoms with Crippen molar-refractivity contribution in [2.24, 2.45) is 0 Å². The van der Waals surface area contributed by atoms with E-state index >= 15 is 0 Å². The Hall–Kier alpha value is -0.0900. The summed E-state index contributed by atoms with van der Waals surface area (Å²) in [5.41, 5.74) is 2.37. The lowest BCUT2D eigenvalue weighted by atomic mass is 10.2. The molecule has 2 aromatic rings. The van der Waals surface area contributed by atoms with E-state index in [-0.39, 0.29) is 0 Å². The Bertz CT molecular complexity index is 708. The summed E-state index contributed by atoms with van der Waals surface area (Å²) in [5.74, 6) is 3.34. The van der Waals surface area contributed by atoms with E-state index in [4.69, 9.17) is 18.5 Å². The highest BCUT2D eigenvalue weighted by Crippen LogP contribution is 2.44. The van der Waals surface area contributed by atoms with Crippen LogP contribution in [0, 0.1) is 0 Å². The zero-order chi connectivity index (χ0) is 23.5. The van der Waals surface area contributed by atoms with Gasteiger partial charge in [0.2, 0.25) is 0 Å². The van der Waals surface area contributed by atoms with Gasteiger partial charge in [-0.2, -0.15) is 0 Å². The molecule has 5 nitrogen and oxygen atoms in total. The highest BCUT2D eigenvalue weighted by molar-refractivity contribution is 8.77. The fraction of sp³-hybridized carbons (Fsp3) is 0.478. The predicted molar refractivity (Wildman–Crippen MR) is 147 cm³/mol. The molecule has 0 aliphatic rings. The summed E-state index contributed by atoms with van der Waals surface area (Å²) in [5, 5.41) is 0. The molecule has 0 heterocycles. The van der Waals surface area contributed by atoms with Gasteiger partial charge in [-0.15, -0.1) is 0 Å². The summed E-state index contributed by atoms with van der Waals surface area (Å²) in [7, 11) is 3.87. The molecule has 0 saturated heterocycles. The first-order valence-electron chi connectivity index (χ1n) is 10.7. The van der Waals surface area contributed by atoms with Crippen LogP contribution in [-0.2, 0) is 36.3 Å². The Balaban J connectivity index is 1.33. The van der Waals surface area contributed by atoms with Gasteiger partial charge in [-0.1, -0.05) is 104 Å². The predicted octanol–water partition coefficient (Wildman–Crippen LogP) is 7.04. The van der Waals surface area contributed by atoms with Crippen molar-refractivity contribution in [2.45, 2.75) is 13.2 Å². The van der Waals surface area contributed by atoms with Gasteiger partial charge in [-0.3, -0.25) is 4.57 Å². The van der Waals surface area contributed by atoms with Crippen LogP contribution in [0.2, 0.25) is 0 Å². The van der Waals surface area contributed by atoms with Crippen LogP contribution in [0.5, 0.6) is 0 Å². The molecule has 0 amide bonds. The van der Waals surface area contributed by atoms with E-state index in [1.165, 1.54) is 17.8 Å². The number of benzene rings is 2. The Morgan fingerprint density at radius 1 is 0.606 bits per heavy atom. The minimum Gasteiger partial charge on any atom is -0.376 e. The summed E-state index contributed by atoms with van der Waals surface area (Å²) >= 11 is 0. The third-order valence-corrected chi connectivity index (χ3v) is 9.97. The average Bonchev–Trinajstić information content (AvgIpc) is 2.83. The van der Waals surface area contributed by atoms with Crippen LogP contribution >= 0.6 is 50.8 Å². The van der Waals surface area contributed by atoms with Crippen LogP contribution in [0.3, 0.4) is 0 Å². The van der Waals surface area contributed by atoms with Gasteiger partial charge >= 0.3 is 7.60 Å². The molecule has 2 rings (SSSR count). The first kappa shape index (κ1) is 29.1. The quantitative estimate of drug-likeness (QED) is 0.0985. The molecule has 0 bridgehead atoms. The lowest BCUT2D eigenvalue weighted by Gasteiger charge is -2.13. The van der Waals surface area contributed by atoms with Crippen LogP contribution in [0.4, 0.5) is 0 Å².